The standard InChI is InChI=1S/C18H15NO/c1-13-11-15-9-5-6-10-16(15)19-17(13)12-18(20)14-7-3-2-4-8-14/h2-11H,12H2,1H3. The molecule has 0 radical (unpaired) electrons. The third-order valence-corrected chi connectivity index (χ3v) is 3.44. The van der Waals surface area contributed by atoms with E-state index in [9.17, 15) is 4.79 Å². The molecule has 1 aromatic heterocycles. The normalized spacial score (nSPS) is 10.7. The van der Waals surface area contributed by atoms with Gasteiger partial charge >= 0.3 is 0 Å². The second kappa shape index (κ2) is 5.25. The van der Waals surface area contributed by atoms with E-state index in [0.717, 1.165) is 27.7 Å². The zero-order chi connectivity index (χ0) is 13.9. The van der Waals surface area contributed by atoms with Crippen LogP contribution >= 0.6 is 0 Å². The van der Waals surface area contributed by atoms with Crippen molar-refractivity contribution in [3.8, 4) is 0 Å². The Hall–Kier alpha value is -2.48. The summed E-state index contributed by atoms with van der Waals surface area (Å²) in [5.41, 5.74) is 3.60. The zero-order valence-corrected chi connectivity index (χ0v) is 11.3. The summed E-state index contributed by atoms with van der Waals surface area (Å²) >= 11 is 0. The number of pyridine rings is 1. The summed E-state index contributed by atoms with van der Waals surface area (Å²) in [5, 5.41) is 1.11. The van der Waals surface area contributed by atoms with E-state index < -0.39 is 0 Å². The molecule has 0 N–H and O–H groups in total. The van der Waals surface area contributed by atoms with E-state index in [1.807, 2.05) is 61.5 Å². The number of rotatable bonds is 3. The lowest BCUT2D eigenvalue weighted by molar-refractivity contribution is 0.0992. The van der Waals surface area contributed by atoms with Gasteiger partial charge in [0, 0.05) is 10.9 Å². The van der Waals surface area contributed by atoms with Gasteiger partial charge in [-0.25, -0.2) is 0 Å². The Labute approximate surface area is 118 Å². The van der Waals surface area contributed by atoms with Crippen LogP contribution in [0.5, 0.6) is 0 Å². The van der Waals surface area contributed by atoms with Crippen LogP contribution in [-0.2, 0) is 6.42 Å². The van der Waals surface area contributed by atoms with Crippen molar-refractivity contribution >= 4 is 16.7 Å². The van der Waals surface area contributed by atoms with Crippen LogP contribution < -0.4 is 0 Å². The number of carbonyl (C=O) groups is 1. The van der Waals surface area contributed by atoms with Crippen LogP contribution in [0.25, 0.3) is 10.9 Å². The molecule has 0 aliphatic rings. The smallest absolute Gasteiger partial charge is 0.168 e. The van der Waals surface area contributed by atoms with Gasteiger partial charge in [-0.15, -0.1) is 0 Å². The van der Waals surface area contributed by atoms with E-state index in [-0.39, 0.29) is 5.78 Å². The van der Waals surface area contributed by atoms with Crippen molar-refractivity contribution in [1.29, 1.82) is 0 Å². The summed E-state index contributed by atoms with van der Waals surface area (Å²) in [6, 6.07) is 19.4. The number of hydrogen-bond donors (Lipinski definition) is 0. The Kier molecular flexibility index (Phi) is 3.30. The van der Waals surface area contributed by atoms with Crippen molar-refractivity contribution in [3.05, 3.63) is 77.5 Å². The zero-order valence-electron chi connectivity index (χ0n) is 11.3. The molecule has 20 heavy (non-hydrogen) atoms. The first kappa shape index (κ1) is 12.5. The highest BCUT2D eigenvalue weighted by atomic mass is 16.1. The van der Waals surface area contributed by atoms with Gasteiger partial charge in [0.25, 0.3) is 0 Å². The number of fused-ring (bicyclic) bond motifs is 1. The first-order valence-electron chi connectivity index (χ1n) is 6.67. The highest BCUT2D eigenvalue weighted by Crippen LogP contribution is 2.17. The Balaban J connectivity index is 1.95. The predicted octanol–water partition coefficient (Wildman–Crippen LogP) is 3.97. The molecule has 0 saturated carbocycles. The molecule has 0 amide bonds. The van der Waals surface area contributed by atoms with Crippen LogP contribution in [0.15, 0.2) is 60.7 Å². The van der Waals surface area contributed by atoms with Crippen LogP contribution in [0, 0.1) is 6.92 Å². The fraction of sp³-hybridized carbons (Fsp3) is 0.111. The molecule has 0 fully saturated rings. The highest BCUT2D eigenvalue weighted by Gasteiger charge is 2.10. The molecule has 0 unspecified atom stereocenters. The number of hydrogen-bond acceptors (Lipinski definition) is 2. The van der Waals surface area contributed by atoms with Crippen molar-refractivity contribution in [2.75, 3.05) is 0 Å². The lowest BCUT2D eigenvalue weighted by Gasteiger charge is -2.07. The molecule has 0 aliphatic heterocycles. The lowest BCUT2D eigenvalue weighted by Crippen LogP contribution is -2.06. The maximum Gasteiger partial charge on any atom is 0.168 e. The maximum atomic E-state index is 12.3. The molecule has 2 aromatic carbocycles. The van der Waals surface area contributed by atoms with Gasteiger partial charge in [-0.1, -0.05) is 48.5 Å². The van der Waals surface area contributed by atoms with Crippen LogP contribution in [0.1, 0.15) is 21.6 Å². The van der Waals surface area contributed by atoms with Crippen LogP contribution in [0.2, 0.25) is 0 Å². The van der Waals surface area contributed by atoms with Crippen molar-refractivity contribution < 1.29 is 4.79 Å². The molecule has 0 atom stereocenters. The number of benzene rings is 2. The number of ketones is 1. The van der Waals surface area contributed by atoms with Gasteiger partial charge in [0.1, 0.15) is 0 Å². The summed E-state index contributed by atoms with van der Waals surface area (Å²) in [7, 11) is 0. The molecule has 3 rings (SSSR count). The van der Waals surface area contributed by atoms with Crippen molar-refractivity contribution in [2.45, 2.75) is 13.3 Å². The number of aromatic nitrogens is 1. The molecule has 0 aliphatic carbocycles. The predicted molar refractivity (Wildman–Crippen MR) is 81.0 cm³/mol. The van der Waals surface area contributed by atoms with Crippen molar-refractivity contribution in [3.63, 3.8) is 0 Å². The molecular weight excluding hydrogens is 246 g/mol. The first-order valence-corrected chi connectivity index (χ1v) is 6.67. The second-order valence-corrected chi connectivity index (χ2v) is 4.91. The third-order valence-electron chi connectivity index (χ3n) is 3.44. The van der Waals surface area contributed by atoms with Gasteiger partial charge in [0.05, 0.1) is 17.6 Å². The second-order valence-electron chi connectivity index (χ2n) is 4.91. The maximum absolute atomic E-state index is 12.3. The molecule has 98 valence electrons. The van der Waals surface area contributed by atoms with E-state index in [1.165, 1.54) is 0 Å². The van der Waals surface area contributed by atoms with E-state index in [2.05, 4.69) is 11.1 Å². The van der Waals surface area contributed by atoms with E-state index in [1.54, 1.807) is 0 Å². The number of nitrogens with zero attached hydrogens (tertiary/aromatic N) is 1. The minimum Gasteiger partial charge on any atom is -0.294 e. The Morgan fingerprint density at radius 1 is 1.00 bits per heavy atom. The molecular formula is C18H15NO. The molecule has 0 bridgehead atoms. The summed E-state index contributed by atoms with van der Waals surface area (Å²) in [5.74, 6) is 0.108. The van der Waals surface area contributed by atoms with Gasteiger partial charge in [0.2, 0.25) is 0 Å². The third kappa shape index (κ3) is 2.45. The van der Waals surface area contributed by atoms with E-state index in [0.29, 0.717) is 6.42 Å². The molecule has 0 spiro atoms. The van der Waals surface area contributed by atoms with E-state index >= 15 is 0 Å². The monoisotopic (exact) mass is 261 g/mol. The Bertz CT molecular complexity index is 763. The van der Waals surface area contributed by atoms with Gasteiger partial charge in [-0.2, -0.15) is 0 Å². The first-order chi connectivity index (χ1) is 9.74. The summed E-state index contributed by atoms with van der Waals surface area (Å²) < 4.78 is 0. The Morgan fingerprint density at radius 3 is 2.50 bits per heavy atom. The fourth-order valence-corrected chi connectivity index (χ4v) is 2.32. The minimum atomic E-state index is 0.108. The van der Waals surface area contributed by atoms with Gasteiger partial charge < -0.3 is 0 Å². The van der Waals surface area contributed by atoms with Gasteiger partial charge in [-0.05, 0) is 24.6 Å². The average Bonchev–Trinajstić information content (AvgIpc) is 2.49. The van der Waals surface area contributed by atoms with Gasteiger partial charge in [-0.3, -0.25) is 9.78 Å². The molecule has 1 heterocycles. The van der Waals surface area contributed by atoms with Crippen LogP contribution in [0.3, 0.4) is 0 Å². The van der Waals surface area contributed by atoms with Crippen LogP contribution in [0.4, 0.5) is 0 Å². The molecule has 2 nitrogen and oxygen atoms in total. The summed E-state index contributed by atoms with van der Waals surface area (Å²) in [6.45, 7) is 2.01. The lowest BCUT2D eigenvalue weighted by atomic mass is 10.0. The fourth-order valence-electron chi connectivity index (χ4n) is 2.32. The average molecular weight is 261 g/mol. The SMILES string of the molecule is Cc1cc2ccccc2nc1CC(=O)c1ccccc1. The number of carbonyl (C=O) groups excluding carboxylic acids is 1. The number of aryl methyl sites for hydroxylation is 1. The summed E-state index contributed by atoms with van der Waals surface area (Å²) in [4.78, 5) is 16.9. The quantitative estimate of drug-likeness (QED) is 0.668. The van der Waals surface area contributed by atoms with Gasteiger partial charge in [0.15, 0.2) is 5.78 Å². The molecule has 2 heteroatoms. The minimum absolute atomic E-state index is 0.108. The topological polar surface area (TPSA) is 30.0 Å². The number of Topliss-reactive ketones (excluding diaryl/α,β-unsaturated/α-hetero) is 1. The Morgan fingerprint density at radius 2 is 1.70 bits per heavy atom. The highest BCUT2D eigenvalue weighted by molar-refractivity contribution is 5.97. The molecule has 3 aromatic rings. The number of para-hydroxylation sites is 1. The van der Waals surface area contributed by atoms with E-state index in [4.69, 9.17) is 0 Å². The largest absolute Gasteiger partial charge is 0.294 e. The van der Waals surface area contributed by atoms with Crippen molar-refractivity contribution in [1.82, 2.24) is 4.98 Å². The van der Waals surface area contributed by atoms with Crippen molar-refractivity contribution in [2.24, 2.45) is 0 Å². The summed E-state index contributed by atoms with van der Waals surface area (Å²) in [6.07, 6.45) is 0.348. The van der Waals surface area contributed by atoms with Crippen LogP contribution in [-0.4, -0.2) is 10.8 Å². The molecule has 0 saturated heterocycles.